The topological polar surface area (TPSA) is 162 Å². The molecule has 4 aliphatic rings. The molecule has 8 N–H and O–H groups in total. The Hall–Kier alpha value is -3.82. The number of phenolic OH excluding ortho intramolecular Hbond substituents is 1. The van der Waals surface area contributed by atoms with Gasteiger partial charge in [-0.05, 0) is 71.2 Å². The van der Waals surface area contributed by atoms with Crippen LogP contribution in [0.3, 0.4) is 0 Å². The molecule has 248 valence electrons. The SMILES string of the molecule is CCCC(O)CC(O)CC(=O)CCc1ccc(O)c(OC2CC#CC(O)c3ccc4c(c3CC3=CN=C5C[NH+]2C=C35)CCNC4N)c1. The van der Waals surface area contributed by atoms with E-state index in [9.17, 15) is 25.2 Å². The van der Waals surface area contributed by atoms with Crippen molar-refractivity contribution in [3.8, 4) is 23.3 Å². The Balaban J connectivity index is 1.19. The zero-order valence-corrected chi connectivity index (χ0v) is 26.8. The maximum absolute atomic E-state index is 12.6. The number of ether oxygens (including phenoxy) is 1. The van der Waals surface area contributed by atoms with E-state index in [2.05, 4.69) is 23.4 Å². The lowest BCUT2D eigenvalue weighted by Gasteiger charge is -2.28. The first-order valence-corrected chi connectivity index (χ1v) is 16.7. The lowest BCUT2D eigenvalue weighted by Crippen LogP contribution is -3.12. The van der Waals surface area contributed by atoms with Gasteiger partial charge in [-0.15, -0.1) is 0 Å². The number of benzene rings is 2. The van der Waals surface area contributed by atoms with Crippen molar-refractivity contribution in [3.05, 3.63) is 81.7 Å². The molecule has 0 fully saturated rings. The second kappa shape index (κ2) is 14.5. The van der Waals surface area contributed by atoms with Gasteiger partial charge in [0.2, 0.25) is 6.23 Å². The zero-order chi connectivity index (χ0) is 33.1. The van der Waals surface area contributed by atoms with E-state index in [1.807, 2.05) is 25.3 Å². The fraction of sp³-hybridized carbons (Fsp3) is 0.459. The molecule has 0 radical (unpaired) electrons. The van der Waals surface area contributed by atoms with E-state index in [-0.39, 0.29) is 37.0 Å². The van der Waals surface area contributed by atoms with Crippen LogP contribution < -0.4 is 20.7 Å². The summed E-state index contributed by atoms with van der Waals surface area (Å²) in [7, 11) is 0. The number of nitrogens with two attached hydrogens (primary N) is 1. The van der Waals surface area contributed by atoms with E-state index in [0.29, 0.717) is 38.0 Å². The number of aromatic hydroxyl groups is 1. The minimum atomic E-state index is -0.983. The van der Waals surface area contributed by atoms with Gasteiger partial charge in [0.25, 0.3) is 0 Å². The molecule has 4 heterocycles. The van der Waals surface area contributed by atoms with Gasteiger partial charge < -0.3 is 30.9 Å². The van der Waals surface area contributed by atoms with Crippen LogP contribution >= 0.6 is 0 Å². The summed E-state index contributed by atoms with van der Waals surface area (Å²) in [5.74, 6) is 6.39. The predicted octanol–water partition coefficient (Wildman–Crippen LogP) is 1.81. The molecule has 0 saturated heterocycles. The van der Waals surface area contributed by atoms with Crippen molar-refractivity contribution in [2.45, 2.75) is 95.4 Å². The highest BCUT2D eigenvalue weighted by atomic mass is 16.5. The molecule has 2 bridgehead atoms. The summed E-state index contributed by atoms with van der Waals surface area (Å²) in [4.78, 5) is 18.3. The van der Waals surface area contributed by atoms with Crippen molar-refractivity contribution >= 4 is 11.5 Å². The van der Waals surface area contributed by atoms with Crippen molar-refractivity contribution in [1.29, 1.82) is 0 Å². The first kappa shape index (κ1) is 33.1. The number of rotatable bonds is 11. The van der Waals surface area contributed by atoms with E-state index in [1.165, 1.54) is 5.56 Å². The van der Waals surface area contributed by atoms with Crippen LogP contribution in [-0.4, -0.2) is 63.4 Å². The van der Waals surface area contributed by atoms with E-state index in [4.69, 9.17) is 15.5 Å². The number of ketones is 1. The largest absolute Gasteiger partial charge is 0.504 e. The van der Waals surface area contributed by atoms with Gasteiger partial charge >= 0.3 is 0 Å². The smallest absolute Gasteiger partial charge is 0.247 e. The maximum atomic E-state index is 12.6. The average Bonchev–Trinajstić information content (AvgIpc) is 3.62. The van der Waals surface area contributed by atoms with Crippen molar-refractivity contribution in [2.75, 3.05) is 13.1 Å². The molecule has 6 atom stereocenters. The molecule has 0 spiro atoms. The molecular formula is C37H45N4O6+. The Morgan fingerprint density at radius 3 is 2.85 bits per heavy atom. The Morgan fingerprint density at radius 1 is 1.19 bits per heavy atom. The first-order chi connectivity index (χ1) is 22.7. The lowest BCUT2D eigenvalue weighted by atomic mass is 9.84. The van der Waals surface area contributed by atoms with Crippen LogP contribution in [0.25, 0.3) is 0 Å². The van der Waals surface area contributed by atoms with Gasteiger partial charge in [-0.25, -0.2) is 0 Å². The van der Waals surface area contributed by atoms with Crippen LogP contribution in [0, 0.1) is 11.8 Å². The molecule has 4 aliphatic heterocycles. The number of aliphatic hydroxyl groups excluding tert-OH is 3. The minimum Gasteiger partial charge on any atom is -0.504 e. The zero-order valence-electron chi connectivity index (χ0n) is 26.8. The van der Waals surface area contributed by atoms with Crippen LogP contribution in [0.1, 0.15) is 85.5 Å². The van der Waals surface area contributed by atoms with Crippen molar-refractivity contribution < 1.29 is 34.9 Å². The van der Waals surface area contributed by atoms with Gasteiger partial charge in [0.05, 0.1) is 23.9 Å². The third-order valence-corrected chi connectivity index (χ3v) is 9.53. The number of aliphatic imine (C=N–C) groups is 1. The van der Waals surface area contributed by atoms with Gasteiger partial charge in [-0.1, -0.05) is 43.4 Å². The van der Waals surface area contributed by atoms with Gasteiger partial charge in [0, 0.05) is 32.0 Å². The fourth-order valence-corrected chi connectivity index (χ4v) is 7.04. The fourth-order valence-electron chi connectivity index (χ4n) is 7.04. The summed E-state index contributed by atoms with van der Waals surface area (Å²) in [5, 5.41) is 45.5. The average molecular weight is 642 g/mol. The Morgan fingerprint density at radius 2 is 2.02 bits per heavy atom. The molecule has 0 amide bonds. The third kappa shape index (κ3) is 7.52. The van der Waals surface area contributed by atoms with E-state index < -0.39 is 24.5 Å². The number of quaternary nitrogens is 1. The third-order valence-electron chi connectivity index (χ3n) is 9.53. The number of nitrogens with zero attached hydrogens (tertiary/aromatic N) is 1. The standard InChI is InChI=1S/C37H44N4O6/c1-2-4-24(42)17-26(44)18-25(43)9-7-22-8-12-34(46)35(15-22)47-36-6-3-5-33(45)28-10-11-29-27(13-14-39-37(29)38)30(28)16-23-19-40-32-21-41(36)20-31(23)32/h8,10-12,15,19-20,24,26,33,36-37,39,42,44-46H,2,4,6-7,9,13-14,16-18,21,38H2,1H3/p+1. The van der Waals surface area contributed by atoms with Gasteiger partial charge in [-0.2, -0.15) is 0 Å². The van der Waals surface area contributed by atoms with E-state index in [1.54, 1.807) is 18.2 Å². The quantitative estimate of drug-likeness (QED) is 0.183. The number of nitrogens with one attached hydrogen (secondary N) is 2. The van der Waals surface area contributed by atoms with Crippen molar-refractivity contribution in [2.24, 2.45) is 10.7 Å². The second-order valence-electron chi connectivity index (χ2n) is 13.0. The summed E-state index contributed by atoms with van der Waals surface area (Å²) in [6, 6.07) is 8.99. The Bertz CT molecular complexity index is 1670. The van der Waals surface area contributed by atoms with Crippen LogP contribution in [0.15, 0.2) is 58.9 Å². The summed E-state index contributed by atoms with van der Waals surface area (Å²) in [5.41, 5.74) is 14.4. The molecule has 0 aromatic heterocycles. The summed E-state index contributed by atoms with van der Waals surface area (Å²) >= 11 is 0. The number of aliphatic hydroxyl groups is 3. The second-order valence-corrected chi connectivity index (χ2v) is 13.0. The molecule has 6 rings (SSSR count). The van der Waals surface area contributed by atoms with Crippen molar-refractivity contribution in [1.82, 2.24) is 5.32 Å². The van der Waals surface area contributed by atoms with Crippen LogP contribution in [0.2, 0.25) is 0 Å². The summed E-state index contributed by atoms with van der Waals surface area (Å²) < 4.78 is 6.43. The predicted molar refractivity (Wildman–Crippen MR) is 178 cm³/mol. The summed E-state index contributed by atoms with van der Waals surface area (Å²) in [6.07, 6.45) is 4.84. The Kier molecular flexibility index (Phi) is 10.2. The van der Waals surface area contributed by atoms with E-state index >= 15 is 0 Å². The summed E-state index contributed by atoms with van der Waals surface area (Å²) in [6.45, 7) is 3.33. The normalized spacial score (nSPS) is 24.2. The molecule has 0 saturated carbocycles. The highest BCUT2D eigenvalue weighted by Gasteiger charge is 2.37. The lowest BCUT2D eigenvalue weighted by molar-refractivity contribution is -0.882. The highest BCUT2D eigenvalue weighted by Crippen LogP contribution is 2.35. The Labute approximate surface area is 275 Å². The number of carbonyl (C=O) groups is 1. The maximum Gasteiger partial charge on any atom is 0.247 e. The molecule has 47 heavy (non-hydrogen) atoms. The highest BCUT2D eigenvalue weighted by molar-refractivity contribution is 6.08. The number of allylic oxidation sites excluding steroid dienone is 1. The number of fused-ring (bicyclic) bond motifs is 4. The number of carbonyl (C=O) groups excluding carboxylic acids is 1. The van der Waals surface area contributed by atoms with Gasteiger partial charge in [0.15, 0.2) is 11.5 Å². The van der Waals surface area contributed by atoms with Crippen LogP contribution in [0.5, 0.6) is 11.5 Å². The monoisotopic (exact) mass is 641 g/mol. The number of hydrogen-bond acceptors (Lipinski definition) is 9. The van der Waals surface area contributed by atoms with Gasteiger partial charge in [0.1, 0.15) is 36.8 Å². The number of phenols is 1. The molecular weight excluding hydrogens is 596 g/mol. The van der Waals surface area contributed by atoms with Crippen LogP contribution in [0.4, 0.5) is 0 Å². The minimum absolute atomic E-state index is 0.000184. The molecule has 10 heteroatoms. The van der Waals surface area contributed by atoms with Gasteiger partial charge in [-0.3, -0.25) is 20.0 Å². The molecule has 6 unspecified atom stereocenters. The number of Topliss-reactive ketones (excluding diaryl/α,β-unsaturated/α-hetero) is 1. The molecule has 10 nitrogen and oxygen atoms in total. The van der Waals surface area contributed by atoms with Crippen LogP contribution in [-0.2, 0) is 24.1 Å². The number of aryl methyl sites for hydroxylation is 1. The molecule has 2 aromatic carbocycles. The first-order valence-electron chi connectivity index (χ1n) is 16.7. The van der Waals surface area contributed by atoms with E-state index in [0.717, 1.165) is 63.4 Å². The number of hydrogen-bond donors (Lipinski definition) is 7. The molecule has 2 aromatic rings. The molecule has 0 aliphatic carbocycles. The van der Waals surface area contributed by atoms with Crippen molar-refractivity contribution in [3.63, 3.8) is 0 Å².